The van der Waals surface area contributed by atoms with E-state index in [1.165, 1.54) is 17.0 Å². The van der Waals surface area contributed by atoms with Gasteiger partial charge in [0.1, 0.15) is 0 Å². The number of aryl methyl sites for hydroxylation is 1. The van der Waals surface area contributed by atoms with E-state index in [1.807, 2.05) is 13.0 Å². The molecule has 0 heterocycles. The summed E-state index contributed by atoms with van der Waals surface area (Å²) in [7, 11) is -0.960. The van der Waals surface area contributed by atoms with Gasteiger partial charge >= 0.3 is 0 Å². The molecule has 0 aliphatic heterocycles. The Morgan fingerprint density at radius 3 is 2.15 bits per heavy atom. The van der Waals surface area contributed by atoms with Gasteiger partial charge in [-0.1, -0.05) is 71.2 Å². The van der Waals surface area contributed by atoms with E-state index < -0.39 is 25.6 Å². The van der Waals surface area contributed by atoms with Crippen molar-refractivity contribution in [2.24, 2.45) is 0 Å². The van der Waals surface area contributed by atoms with E-state index in [4.69, 9.17) is 23.2 Å². The van der Waals surface area contributed by atoms with Gasteiger partial charge in [0, 0.05) is 0 Å². The number of alkyl halides is 2. The van der Waals surface area contributed by atoms with Crippen molar-refractivity contribution in [3.8, 4) is 0 Å². The maximum atomic E-state index is 13.2. The SMILES string of the molecule is Cc1ccc(S(=O)(=O)C(NC(=O)Cc2ccccc2)C(Cl)(Cl)N(C)C)cc1. The highest BCUT2D eigenvalue weighted by Gasteiger charge is 2.47. The van der Waals surface area contributed by atoms with Crippen LogP contribution in [0.25, 0.3) is 0 Å². The first-order chi connectivity index (χ1) is 12.5. The van der Waals surface area contributed by atoms with Gasteiger partial charge in [-0.3, -0.25) is 9.69 Å². The van der Waals surface area contributed by atoms with Crippen LogP contribution in [-0.2, 0) is 21.1 Å². The molecule has 1 unspecified atom stereocenters. The third-order valence-electron chi connectivity index (χ3n) is 4.07. The second-order valence-electron chi connectivity index (χ2n) is 6.45. The van der Waals surface area contributed by atoms with E-state index in [0.717, 1.165) is 11.1 Å². The molecule has 2 rings (SSSR count). The van der Waals surface area contributed by atoms with Crippen LogP contribution < -0.4 is 5.32 Å². The Kier molecular flexibility index (Phi) is 6.92. The lowest BCUT2D eigenvalue weighted by atomic mass is 10.1. The Morgan fingerprint density at radius 2 is 1.63 bits per heavy atom. The largest absolute Gasteiger partial charge is 0.335 e. The maximum absolute atomic E-state index is 13.2. The standard InChI is InChI=1S/C19H22Cl2N2O3S/c1-14-9-11-16(12-10-14)27(25,26)18(19(20,21)23(2)3)22-17(24)13-15-7-5-4-6-8-15/h4-12,18H,13H2,1-3H3,(H,22,24). The van der Waals surface area contributed by atoms with Crippen LogP contribution in [0.3, 0.4) is 0 Å². The Labute approximate surface area is 170 Å². The average Bonchev–Trinajstić information content (AvgIpc) is 2.60. The number of halogens is 2. The van der Waals surface area contributed by atoms with Gasteiger partial charge in [-0.05, 0) is 38.7 Å². The van der Waals surface area contributed by atoms with Crippen molar-refractivity contribution in [1.82, 2.24) is 10.2 Å². The van der Waals surface area contributed by atoms with Crippen LogP contribution in [0.1, 0.15) is 11.1 Å². The maximum Gasteiger partial charge on any atom is 0.225 e. The highest BCUT2D eigenvalue weighted by Crippen LogP contribution is 2.34. The number of rotatable bonds is 7. The lowest BCUT2D eigenvalue weighted by Gasteiger charge is -2.35. The van der Waals surface area contributed by atoms with Crippen LogP contribution in [0.15, 0.2) is 59.5 Å². The topological polar surface area (TPSA) is 66.5 Å². The van der Waals surface area contributed by atoms with Crippen molar-refractivity contribution >= 4 is 38.9 Å². The molecule has 0 spiro atoms. The Hall–Kier alpha value is -1.60. The van der Waals surface area contributed by atoms with Crippen LogP contribution in [0, 0.1) is 6.92 Å². The van der Waals surface area contributed by atoms with Gasteiger partial charge in [-0.15, -0.1) is 0 Å². The normalized spacial score (nSPS) is 13.4. The minimum atomic E-state index is -4.05. The molecule has 0 aliphatic rings. The van der Waals surface area contributed by atoms with Crippen LogP contribution in [0.4, 0.5) is 0 Å². The second kappa shape index (κ2) is 8.61. The molecule has 5 nitrogen and oxygen atoms in total. The summed E-state index contributed by atoms with van der Waals surface area (Å²) in [6, 6.07) is 15.3. The lowest BCUT2D eigenvalue weighted by molar-refractivity contribution is -0.120. The molecule has 0 radical (unpaired) electrons. The van der Waals surface area contributed by atoms with E-state index >= 15 is 0 Å². The summed E-state index contributed by atoms with van der Waals surface area (Å²) in [6.07, 6.45) is 0.0119. The molecular weight excluding hydrogens is 407 g/mol. The summed E-state index contributed by atoms with van der Waals surface area (Å²) >= 11 is 12.7. The first kappa shape index (κ1) is 21.7. The molecule has 1 atom stereocenters. The highest BCUT2D eigenvalue weighted by atomic mass is 35.5. The van der Waals surface area contributed by atoms with E-state index in [9.17, 15) is 13.2 Å². The molecular formula is C19H22Cl2N2O3S. The van der Waals surface area contributed by atoms with Gasteiger partial charge in [0.05, 0.1) is 11.3 Å². The van der Waals surface area contributed by atoms with Gasteiger partial charge < -0.3 is 5.32 Å². The van der Waals surface area contributed by atoms with Crippen LogP contribution >= 0.6 is 23.2 Å². The predicted molar refractivity (Wildman–Crippen MR) is 109 cm³/mol. The average molecular weight is 429 g/mol. The number of nitrogens with zero attached hydrogens (tertiary/aromatic N) is 1. The Balaban J connectivity index is 2.37. The second-order valence-corrected chi connectivity index (χ2v) is 9.83. The van der Waals surface area contributed by atoms with Gasteiger partial charge in [0.15, 0.2) is 5.37 Å². The minimum absolute atomic E-state index is 0.0119. The van der Waals surface area contributed by atoms with Gasteiger partial charge in [-0.2, -0.15) is 0 Å². The minimum Gasteiger partial charge on any atom is -0.335 e. The molecule has 1 N–H and O–H groups in total. The molecule has 0 saturated carbocycles. The fourth-order valence-corrected chi connectivity index (χ4v) is 4.90. The fourth-order valence-electron chi connectivity index (χ4n) is 2.43. The van der Waals surface area contributed by atoms with Crippen molar-refractivity contribution in [3.05, 3.63) is 65.7 Å². The number of sulfone groups is 1. The zero-order chi connectivity index (χ0) is 20.2. The number of likely N-dealkylation sites (N-methyl/N-ethyl adjacent to an activating group) is 1. The van der Waals surface area contributed by atoms with Gasteiger partial charge in [0.25, 0.3) is 0 Å². The first-order valence-electron chi connectivity index (χ1n) is 8.24. The van der Waals surface area contributed by atoms with Crippen LogP contribution in [-0.4, -0.2) is 43.2 Å². The lowest BCUT2D eigenvalue weighted by Crippen LogP contribution is -2.57. The Bertz CT molecular complexity index is 883. The smallest absolute Gasteiger partial charge is 0.225 e. The zero-order valence-electron chi connectivity index (χ0n) is 15.3. The summed E-state index contributed by atoms with van der Waals surface area (Å²) in [5, 5.41) is 0.955. The van der Waals surface area contributed by atoms with Crippen molar-refractivity contribution in [1.29, 1.82) is 0 Å². The molecule has 146 valence electrons. The monoisotopic (exact) mass is 428 g/mol. The molecule has 2 aromatic rings. The van der Waals surface area contributed by atoms with Gasteiger partial charge in [0.2, 0.25) is 20.2 Å². The summed E-state index contributed by atoms with van der Waals surface area (Å²) in [5.41, 5.74) is 1.66. The van der Waals surface area contributed by atoms with Crippen molar-refractivity contribution < 1.29 is 13.2 Å². The summed E-state index contributed by atoms with van der Waals surface area (Å²) in [6.45, 7) is 1.85. The number of nitrogens with one attached hydrogen (secondary N) is 1. The predicted octanol–water partition coefficient (Wildman–Crippen LogP) is 3.15. The highest BCUT2D eigenvalue weighted by molar-refractivity contribution is 7.92. The number of carbonyl (C=O) groups excluding carboxylic acids is 1. The fraction of sp³-hybridized carbons (Fsp3) is 0.316. The summed E-state index contributed by atoms with van der Waals surface area (Å²) in [4.78, 5) is 13.9. The number of amides is 1. The van der Waals surface area contributed by atoms with Crippen molar-refractivity contribution in [3.63, 3.8) is 0 Å². The number of benzene rings is 2. The third kappa shape index (κ3) is 5.23. The first-order valence-corrected chi connectivity index (χ1v) is 10.5. The van der Waals surface area contributed by atoms with Crippen molar-refractivity contribution in [2.45, 2.75) is 28.1 Å². The summed E-state index contributed by atoms with van der Waals surface area (Å²) < 4.78 is 24.5. The molecule has 8 heteroatoms. The van der Waals surface area contributed by atoms with Gasteiger partial charge in [-0.25, -0.2) is 8.42 Å². The molecule has 0 aromatic heterocycles. The number of hydrogen-bond acceptors (Lipinski definition) is 4. The molecule has 27 heavy (non-hydrogen) atoms. The molecule has 0 saturated heterocycles. The Morgan fingerprint density at radius 1 is 1.07 bits per heavy atom. The molecule has 0 fully saturated rings. The van der Waals surface area contributed by atoms with E-state index in [-0.39, 0.29) is 11.3 Å². The number of hydrogen-bond donors (Lipinski definition) is 1. The molecule has 0 aliphatic carbocycles. The van der Waals surface area contributed by atoms with E-state index in [0.29, 0.717) is 0 Å². The van der Waals surface area contributed by atoms with Crippen LogP contribution in [0.2, 0.25) is 0 Å². The third-order valence-corrected chi connectivity index (χ3v) is 7.45. The molecule has 0 bridgehead atoms. The van der Waals surface area contributed by atoms with Crippen molar-refractivity contribution in [2.75, 3.05) is 14.1 Å². The van der Waals surface area contributed by atoms with E-state index in [2.05, 4.69) is 5.32 Å². The zero-order valence-corrected chi connectivity index (χ0v) is 17.6. The summed E-state index contributed by atoms with van der Waals surface area (Å²) in [5.74, 6) is -0.491. The molecule has 1 amide bonds. The molecule has 2 aromatic carbocycles. The van der Waals surface area contributed by atoms with E-state index in [1.54, 1.807) is 50.5 Å². The number of carbonyl (C=O) groups is 1. The van der Waals surface area contributed by atoms with Crippen LogP contribution in [0.5, 0.6) is 0 Å². The quantitative estimate of drug-likeness (QED) is 0.543.